The van der Waals surface area contributed by atoms with Crippen LogP contribution in [0.15, 0.2) is 35.1 Å². The van der Waals surface area contributed by atoms with Crippen LogP contribution in [0.2, 0.25) is 5.02 Å². The maximum atomic E-state index is 12.4. The van der Waals surface area contributed by atoms with Gasteiger partial charge in [0.15, 0.2) is 6.61 Å². The van der Waals surface area contributed by atoms with Crippen LogP contribution >= 0.6 is 11.6 Å². The first-order valence-electron chi connectivity index (χ1n) is 9.17. The van der Waals surface area contributed by atoms with Crippen molar-refractivity contribution in [3.05, 3.63) is 57.0 Å². The number of rotatable bonds is 4. The van der Waals surface area contributed by atoms with Gasteiger partial charge in [-0.2, -0.15) is 5.10 Å². The molecule has 7 nitrogen and oxygen atoms in total. The molecule has 1 atom stereocenters. The van der Waals surface area contributed by atoms with Crippen molar-refractivity contribution in [1.29, 1.82) is 0 Å². The minimum Gasteiger partial charge on any atom is -0.451 e. The molecular formula is C20H22ClN3O4. The smallest absolute Gasteiger partial charge is 0.363 e. The van der Waals surface area contributed by atoms with Gasteiger partial charge < -0.3 is 9.64 Å². The monoisotopic (exact) mass is 403 g/mol. The molecule has 1 amide bonds. The molecule has 1 aliphatic heterocycles. The Morgan fingerprint density at radius 3 is 2.68 bits per heavy atom. The summed E-state index contributed by atoms with van der Waals surface area (Å²) in [6.07, 6.45) is 2.02. The molecule has 1 fully saturated rings. The molecule has 2 aromatic rings. The summed E-state index contributed by atoms with van der Waals surface area (Å²) in [5, 5.41) is 4.70. The topological polar surface area (TPSA) is 81.5 Å². The molecule has 148 valence electrons. The first kappa shape index (κ1) is 20.1. The number of hydrogen-bond donors (Lipinski definition) is 0. The van der Waals surface area contributed by atoms with Gasteiger partial charge in [-0.15, -0.1) is 0 Å². The molecule has 2 heterocycles. The second-order valence-electron chi connectivity index (χ2n) is 7.05. The predicted molar refractivity (Wildman–Crippen MR) is 105 cm³/mol. The predicted octanol–water partition coefficient (Wildman–Crippen LogP) is 2.61. The number of aryl methyl sites for hydroxylation is 1. The fraction of sp³-hybridized carbons (Fsp3) is 0.400. The highest BCUT2D eigenvalue weighted by Crippen LogP contribution is 2.16. The molecule has 1 aliphatic rings. The highest BCUT2D eigenvalue weighted by molar-refractivity contribution is 6.30. The minimum atomic E-state index is -0.911. The average molecular weight is 404 g/mol. The van der Waals surface area contributed by atoms with Crippen LogP contribution in [0.3, 0.4) is 0 Å². The molecular weight excluding hydrogens is 382 g/mol. The summed E-state index contributed by atoms with van der Waals surface area (Å²) in [4.78, 5) is 38.6. The standard InChI is InChI=1S/C20H22ClN3O4/c1-13-4-3-9-23(11-13)18(26)12-28-20(27)19-17(25)10-14(2)24(22-19)16-7-5-15(21)6-8-16/h5-8,10,13H,3-4,9,11-12H2,1-2H3/t13-/m0/s1. The highest BCUT2D eigenvalue weighted by atomic mass is 35.5. The van der Waals surface area contributed by atoms with E-state index in [2.05, 4.69) is 12.0 Å². The second-order valence-corrected chi connectivity index (χ2v) is 7.49. The molecule has 0 aliphatic carbocycles. The summed E-state index contributed by atoms with van der Waals surface area (Å²) in [5.41, 5.74) is 0.295. The second kappa shape index (κ2) is 8.56. The number of likely N-dealkylation sites (tertiary alicyclic amines) is 1. The lowest BCUT2D eigenvalue weighted by molar-refractivity contribution is -0.136. The number of ether oxygens (including phenoxy) is 1. The van der Waals surface area contributed by atoms with E-state index in [9.17, 15) is 14.4 Å². The van der Waals surface area contributed by atoms with Gasteiger partial charge in [0, 0.05) is 29.9 Å². The number of esters is 1. The van der Waals surface area contributed by atoms with Gasteiger partial charge in [-0.25, -0.2) is 9.48 Å². The zero-order valence-corrected chi connectivity index (χ0v) is 16.6. The van der Waals surface area contributed by atoms with Gasteiger partial charge in [-0.05, 0) is 49.9 Å². The lowest BCUT2D eigenvalue weighted by Gasteiger charge is -2.30. The van der Waals surface area contributed by atoms with E-state index in [-0.39, 0.29) is 11.6 Å². The maximum Gasteiger partial charge on any atom is 0.363 e. The van der Waals surface area contributed by atoms with E-state index in [1.807, 2.05) is 0 Å². The van der Waals surface area contributed by atoms with Gasteiger partial charge in [0.05, 0.1) is 5.69 Å². The van der Waals surface area contributed by atoms with Crippen molar-refractivity contribution in [1.82, 2.24) is 14.7 Å². The van der Waals surface area contributed by atoms with Crippen LogP contribution in [0.5, 0.6) is 0 Å². The number of benzene rings is 1. The quantitative estimate of drug-likeness (QED) is 0.733. The van der Waals surface area contributed by atoms with Crippen LogP contribution in [0, 0.1) is 12.8 Å². The molecule has 1 saturated heterocycles. The molecule has 3 rings (SSSR count). The summed E-state index contributed by atoms with van der Waals surface area (Å²) in [5.74, 6) is -0.741. The molecule has 0 spiro atoms. The lowest BCUT2D eigenvalue weighted by Crippen LogP contribution is -2.41. The number of halogens is 1. The van der Waals surface area contributed by atoms with Crippen molar-refractivity contribution in [2.75, 3.05) is 19.7 Å². The van der Waals surface area contributed by atoms with Gasteiger partial charge >= 0.3 is 5.97 Å². The average Bonchev–Trinajstić information content (AvgIpc) is 2.67. The summed E-state index contributed by atoms with van der Waals surface area (Å²) >= 11 is 5.90. The van der Waals surface area contributed by atoms with Gasteiger partial charge in [-0.1, -0.05) is 18.5 Å². The number of carbonyl (C=O) groups is 2. The zero-order valence-electron chi connectivity index (χ0n) is 15.9. The van der Waals surface area contributed by atoms with Crippen molar-refractivity contribution in [2.45, 2.75) is 26.7 Å². The SMILES string of the molecule is Cc1cc(=O)c(C(=O)OCC(=O)N2CCC[C@H](C)C2)nn1-c1ccc(Cl)cc1. The molecule has 1 aromatic carbocycles. The molecule has 0 radical (unpaired) electrons. The summed E-state index contributed by atoms with van der Waals surface area (Å²) in [6, 6.07) is 8.14. The van der Waals surface area contributed by atoms with Gasteiger partial charge in [-0.3, -0.25) is 9.59 Å². The molecule has 0 bridgehead atoms. The number of amides is 1. The number of hydrogen-bond acceptors (Lipinski definition) is 5. The summed E-state index contributed by atoms with van der Waals surface area (Å²) in [6.45, 7) is 4.71. The fourth-order valence-electron chi connectivity index (χ4n) is 3.24. The van der Waals surface area contributed by atoms with Crippen molar-refractivity contribution in [3.63, 3.8) is 0 Å². The summed E-state index contributed by atoms with van der Waals surface area (Å²) in [7, 11) is 0. The Kier molecular flexibility index (Phi) is 6.14. The highest BCUT2D eigenvalue weighted by Gasteiger charge is 2.23. The largest absolute Gasteiger partial charge is 0.451 e. The summed E-state index contributed by atoms with van der Waals surface area (Å²) < 4.78 is 6.54. The lowest BCUT2D eigenvalue weighted by atomic mass is 10.0. The first-order chi connectivity index (χ1) is 13.3. The normalized spacial score (nSPS) is 16.7. The van der Waals surface area contributed by atoms with Crippen LogP contribution < -0.4 is 5.43 Å². The van der Waals surface area contributed by atoms with Crippen LogP contribution in [-0.2, 0) is 9.53 Å². The van der Waals surface area contributed by atoms with Crippen LogP contribution in [0.1, 0.15) is 35.9 Å². The molecule has 0 unspecified atom stereocenters. The fourth-order valence-corrected chi connectivity index (χ4v) is 3.36. The van der Waals surface area contributed by atoms with Crippen molar-refractivity contribution in [2.24, 2.45) is 5.92 Å². The van der Waals surface area contributed by atoms with E-state index in [1.165, 1.54) is 10.7 Å². The van der Waals surface area contributed by atoms with Crippen molar-refractivity contribution >= 4 is 23.5 Å². The van der Waals surface area contributed by atoms with E-state index in [1.54, 1.807) is 36.1 Å². The molecule has 28 heavy (non-hydrogen) atoms. The van der Waals surface area contributed by atoms with Crippen LogP contribution in [0.4, 0.5) is 0 Å². The Morgan fingerprint density at radius 1 is 1.29 bits per heavy atom. The molecule has 0 N–H and O–H groups in total. The number of piperidine rings is 1. The van der Waals surface area contributed by atoms with E-state index in [0.717, 1.165) is 12.8 Å². The Balaban J connectivity index is 1.74. The Labute approximate surface area is 167 Å². The van der Waals surface area contributed by atoms with Crippen LogP contribution in [-0.4, -0.2) is 46.3 Å². The van der Waals surface area contributed by atoms with Gasteiger partial charge in [0.1, 0.15) is 0 Å². The third-order valence-electron chi connectivity index (χ3n) is 4.71. The molecule has 8 heteroatoms. The molecule has 1 aromatic heterocycles. The van der Waals surface area contributed by atoms with E-state index in [4.69, 9.17) is 16.3 Å². The van der Waals surface area contributed by atoms with Crippen molar-refractivity contribution in [3.8, 4) is 5.69 Å². The Morgan fingerprint density at radius 2 is 2.00 bits per heavy atom. The maximum absolute atomic E-state index is 12.4. The number of carbonyl (C=O) groups excluding carboxylic acids is 2. The van der Waals surface area contributed by atoms with E-state index in [0.29, 0.717) is 35.4 Å². The first-order valence-corrected chi connectivity index (χ1v) is 9.55. The molecule has 0 saturated carbocycles. The Hall–Kier alpha value is -2.67. The van der Waals surface area contributed by atoms with E-state index >= 15 is 0 Å². The Bertz CT molecular complexity index is 939. The van der Waals surface area contributed by atoms with Gasteiger partial charge in [0.2, 0.25) is 11.1 Å². The third-order valence-corrected chi connectivity index (χ3v) is 4.96. The van der Waals surface area contributed by atoms with E-state index < -0.39 is 18.0 Å². The van der Waals surface area contributed by atoms with Gasteiger partial charge in [0.25, 0.3) is 5.91 Å². The van der Waals surface area contributed by atoms with Crippen molar-refractivity contribution < 1.29 is 14.3 Å². The number of aromatic nitrogens is 2. The van der Waals surface area contributed by atoms with Crippen LogP contribution in [0.25, 0.3) is 5.69 Å². The third kappa shape index (κ3) is 4.59. The minimum absolute atomic E-state index is 0.259. The number of nitrogens with zero attached hydrogens (tertiary/aromatic N) is 3. The zero-order chi connectivity index (χ0) is 20.3.